The number of halogens is 1. The van der Waals surface area contributed by atoms with E-state index in [0.717, 1.165) is 36.6 Å². The van der Waals surface area contributed by atoms with Gasteiger partial charge in [0.25, 0.3) is 0 Å². The minimum atomic E-state index is -0.222. The molecule has 3 heteroatoms. The number of benzene rings is 1. The molecule has 3 rings (SSSR count). The Bertz CT molecular complexity index is 497. The monoisotopic (exact) mass is 231 g/mol. The van der Waals surface area contributed by atoms with Crippen LogP contribution in [0, 0.1) is 5.82 Å². The first-order valence-corrected chi connectivity index (χ1v) is 5.89. The lowest BCUT2D eigenvalue weighted by Gasteiger charge is -2.03. The van der Waals surface area contributed by atoms with Crippen molar-refractivity contribution in [2.75, 3.05) is 13.1 Å². The van der Waals surface area contributed by atoms with Gasteiger partial charge in [-0.2, -0.15) is 0 Å². The van der Waals surface area contributed by atoms with Gasteiger partial charge in [0.2, 0.25) is 0 Å². The second kappa shape index (κ2) is 4.34. The molecule has 1 unspecified atom stereocenters. The van der Waals surface area contributed by atoms with E-state index in [-0.39, 0.29) is 5.82 Å². The fourth-order valence-electron chi connectivity index (χ4n) is 2.24. The molecule has 1 aromatic carbocycles. The van der Waals surface area contributed by atoms with Crippen LogP contribution in [0.5, 0.6) is 0 Å². The van der Waals surface area contributed by atoms with Crippen LogP contribution in [-0.4, -0.2) is 13.1 Å². The SMILES string of the molecule is Fc1ccc(-c2ccc(C3CCNC3)o2)cc1. The van der Waals surface area contributed by atoms with Gasteiger partial charge in [-0.1, -0.05) is 0 Å². The van der Waals surface area contributed by atoms with Crippen LogP contribution in [-0.2, 0) is 0 Å². The summed E-state index contributed by atoms with van der Waals surface area (Å²) in [6, 6.07) is 10.4. The molecule has 0 amide bonds. The van der Waals surface area contributed by atoms with Crippen molar-refractivity contribution in [1.82, 2.24) is 5.32 Å². The van der Waals surface area contributed by atoms with E-state index >= 15 is 0 Å². The van der Waals surface area contributed by atoms with E-state index in [2.05, 4.69) is 5.32 Å². The maximum absolute atomic E-state index is 12.8. The first-order valence-electron chi connectivity index (χ1n) is 5.89. The van der Waals surface area contributed by atoms with Gasteiger partial charge >= 0.3 is 0 Å². The summed E-state index contributed by atoms with van der Waals surface area (Å²) in [5.74, 6) is 2.09. The lowest BCUT2D eigenvalue weighted by atomic mass is 10.1. The van der Waals surface area contributed by atoms with Crippen molar-refractivity contribution in [1.29, 1.82) is 0 Å². The van der Waals surface area contributed by atoms with Gasteiger partial charge in [-0.05, 0) is 49.4 Å². The maximum Gasteiger partial charge on any atom is 0.134 e. The number of furan rings is 1. The number of hydrogen-bond donors (Lipinski definition) is 1. The molecule has 1 atom stereocenters. The molecule has 2 aromatic rings. The van der Waals surface area contributed by atoms with E-state index in [9.17, 15) is 4.39 Å². The van der Waals surface area contributed by atoms with Crippen molar-refractivity contribution in [2.45, 2.75) is 12.3 Å². The lowest BCUT2D eigenvalue weighted by molar-refractivity contribution is 0.484. The molecule has 0 bridgehead atoms. The van der Waals surface area contributed by atoms with Crippen LogP contribution in [0.3, 0.4) is 0 Å². The average molecular weight is 231 g/mol. The van der Waals surface area contributed by atoms with Crippen LogP contribution in [0.1, 0.15) is 18.1 Å². The Morgan fingerprint density at radius 3 is 2.65 bits per heavy atom. The molecule has 17 heavy (non-hydrogen) atoms. The Balaban J connectivity index is 1.86. The predicted molar refractivity (Wildman–Crippen MR) is 64.3 cm³/mol. The van der Waals surface area contributed by atoms with Crippen LogP contribution in [0.2, 0.25) is 0 Å². The standard InChI is InChI=1S/C14H14FNO/c15-12-3-1-10(2-4-12)13-5-6-14(17-13)11-7-8-16-9-11/h1-6,11,16H,7-9H2. The largest absolute Gasteiger partial charge is 0.461 e. The molecule has 0 radical (unpaired) electrons. The van der Waals surface area contributed by atoms with Gasteiger partial charge in [0, 0.05) is 18.0 Å². The molecule has 2 nitrogen and oxygen atoms in total. The van der Waals surface area contributed by atoms with E-state index in [1.54, 1.807) is 12.1 Å². The summed E-state index contributed by atoms with van der Waals surface area (Å²) in [7, 11) is 0. The highest BCUT2D eigenvalue weighted by atomic mass is 19.1. The topological polar surface area (TPSA) is 25.2 Å². The molecule has 0 spiro atoms. The van der Waals surface area contributed by atoms with Gasteiger partial charge in [0.1, 0.15) is 17.3 Å². The summed E-state index contributed by atoms with van der Waals surface area (Å²) in [5.41, 5.74) is 0.920. The summed E-state index contributed by atoms with van der Waals surface area (Å²) in [6.07, 6.45) is 1.12. The smallest absolute Gasteiger partial charge is 0.134 e. The van der Waals surface area contributed by atoms with Crippen molar-refractivity contribution in [3.63, 3.8) is 0 Å². The number of hydrogen-bond acceptors (Lipinski definition) is 2. The van der Waals surface area contributed by atoms with Crippen LogP contribution in [0.25, 0.3) is 11.3 Å². The average Bonchev–Trinajstić information content (AvgIpc) is 3.00. The highest BCUT2D eigenvalue weighted by Crippen LogP contribution is 2.29. The Kier molecular flexibility index (Phi) is 2.69. The predicted octanol–water partition coefficient (Wildman–Crippen LogP) is 3.16. The van der Waals surface area contributed by atoms with Crippen molar-refractivity contribution in [3.8, 4) is 11.3 Å². The Hall–Kier alpha value is -1.61. The molecule has 1 aliphatic rings. The van der Waals surface area contributed by atoms with Gasteiger partial charge in [-0.25, -0.2) is 4.39 Å². The third-order valence-corrected chi connectivity index (χ3v) is 3.22. The van der Waals surface area contributed by atoms with E-state index in [4.69, 9.17) is 4.42 Å². The highest BCUT2D eigenvalue weighted by Gasteiger charge is 2.20. The van der Waals surface area contributed by atoms with Gasteiger partial charge < -0.3 is 9.73 Å². The molecule has 1 fully saturated rings. The zero-order valence-corrected chi connectivity index (χ0v) is 9.45. The van der Waals surface area contributed by atoms with Gasteiger partial charge in [0.05, 0.1) is 0 Å². The van der Waals surface area contributed by atoms with Crippen LogP contribution >= 0.6 is 0 Å². The zero-order valence-electron chi connectivity index (χ0n) is 9.45. The summed E-state index contributed by atoms with van der Waals surface area (Å²) in [5, 5.41) is 3.32. The highest BCUT2D eigenvalue weighted by molar-refractivity contribution is 5.57. The molecule has 1 N–H and O–H groups in total. The third-order valence-electron chi connectivity index (χ3n) is 3.22. The fourth-order valence-corrected chi connectivity index (χ4v) is 2.24. The molecular weight excluding hydrogens is 217 g/mol. The van der Waals surface area contributed by atoms with E-state index in [1.807, 2.05) is 12.1 Å². The molecule has 1 saturated heterocycles. The normalized spacial score (nSPS) is 19.7. The van der Waals surface area contributed by atoms with Crippen molar-refractivity contribution >= 4 is 0 Å². The van der Waals surface area contributed by atoms with E-state index in [1.165, 1.54) is 12.1 Å². The fraction of sp³-hybridized carbons (Fsp3) is 0.286. The van der Waals surface area contributed by atoms with E-state index in [0.29, 0.717) is 5.92 Å². The molecule has 0 aliphatic carbocycles. The molecule has 1 aliphatic heterocycles. The molecule has 0 saturated carbocycles. The maximum atomic E-state index is 12.8. The minimum Gasteiger partial charge on any atom is -0.461 e. The second-order valence-electron chi connectivity index (χ2n) is 4.40. The van der Waals surface area contributed by atoms with Gasteiger partial charge in [-0.3, -0.25) is 0 Å². The summed E-state index contributed by atoms with van der Waals surface area (Å²) in [4.78, 5) is 0. The van der Waals surface area contributed by atoms with Crippen molar-refractivity contribution in [2.24, 2.45) is 0 Å². The first-order chi connectivity index (χ1) is 8.33. The van der Waals surface area contributed by atoms with E-state index < -0.39 is 0 Å². The Morgan fingerprint density at radius 1 is 1.12 bits per heavy atom. The molecular formula is C14H14FNO. The second-order valence-corrected chi connectivity index (χ2v) is 4.40. The van der Waals surface area contributed by atoms with Crippen LogP contribution in [0.15, 0.2) is 40.8 Å². The summed E-state index contributed by atoms with van der Waals surface area (Å²) < 4.78 is 18.6. The molecule has 1 aromatic heterocycles. The quantitative estimate of drug-likeness (QED) is 0.858. The van der Waals surface area contributed by atoms with Crippen molar-refractivity contribution < 1.29 is 8.81 Å². The summed E-state index contributed by atoms with van der Waals surface area (Å²) >= 11 is 0. The van der Waals surface area contributed by atoms with Crippen molar-refractivity contribution in [3.05, 3.63) is 48.0 Å². The minimum absolute atomic E-state index is 0.222. The number of nitrogens with one attached hydrogen (secondary N) is 1. The first kappa shape index (κ1) is 10.5. The molecule has 88 valence electrons. The lowest BCUT2D eigenvalue weighted by Crippen LogP contribution is -2.07. The van der Waals surface area contributed by atoms with Crippen LogP contribution < -0.4 is 5.32 Å². The summed E-state index contributed by atoms with van der Waals surface area (Å²) in [6.45, 7) is 2.04. The van der Waals surface area contributed by atoms with Gasteiger partial charge in [0.15, 0.2) is 0 Å². The Morgan fingerprint density at radius 2 is 1.94 bits per heavy atom. The Labute approximate surface area is 99.5 Å². The number of rotatable bonds is 2. The molecule has 2 heterocycles. The van der Waals surface area contributed by atoms with Gasteiger partial charge in [-0.15, -0.1) is 0 Å². The zero-order chi connectivity index (χ0) is 11.7. The third kappa shape index (κ3) is 2.11. The van der Waals surface area contributed by atoms with Crippen LogP contribution in [0.4, 0.5) is 4.39 Å².